The lowest BCUT2D eigenvalue weighted by molar-refractivity contribution is 0.593. The fourth-order valence-corrected chi connectivity index (χ4v) is 1.01. The molecule has 0 aliphatic heterocycles. The Kier molecular flexibility index (Phi) is 2.25. The fourth-order valence-electron chi connectivity index (χ4n) is 1.01. The Labute approximate surface area is 66.0 Å². The summed E-state index contributed by atoms with van der Waals surface area (Å²) >= 11 is 0. The zero-order chi connectivity index (χ0) is 8.43. The van der Waals surface area contributed by atoms with Crippen molar-refractivity contribution in [1.82, 2.24) is 0 Å². The van der Waals surface area contributed by atoms with Crippen LogP contribution in [-0.2, 0) is 0 Å². The molecule has 0 aliphatic rings. The number of nitrogens with two attached hydrogens (primary N) is 1. The molecule has 1 aromatic carbocycles. The van der Waals surface area contributed by atoms with E-state index < -0.39 is 0 Å². The number of aryl methyl sites for hydroxylation is 1. The quantitative estimate of drug-likeness (QED) is 0.657. The summed E-state index contributed by atoms with van der Waals surface area (Å²) in [6.07, 6.45) is 0. The molecule has 0 unspecified atom stereocenters. The molecule has 0 fully saturated rings. The first-order valence-corrected chi connectivity index (χ1v) is 3.63. The maximum absolute atomic E-state index is 12.9. The van der Waals surface area contributed by atoms with E-state index >= 15 is 0 Å². The predicted octanol–water partition coefficient (Wildman–Crippen LogP) is 2.15. The summed E-state index contributed by atoms with van der Waals surface area (Å²) in [5, 5.41) is 0. The smallest absolute Gasteiger partial charge is 0.127 e. The number of hydrogen-bond acceptors (Lipinski definition) is 1. The highest BCUT2D eigenvalue weighted by atomic mass is 19.1. The Morgan fingerprint density at radius 3 is 2.55 bits per heavy atom. The summed E-state index contributed by atoms with van der Waals surface area (Å²) in [6, 6.07) is 4.74. The normalized spacial score (nSPS) is 13.1. The first kappa shape index (κ1) is 8.21. The SMILES string of the molecule is Cc1ccc(F)c([C@@H](C)N)c1. The lowest BCUT2D eigenvalue weighted by atomic mass is 10.1. The van der Waals surface area contributed by atoms with Gasteiger partial charge in [-0.1, -0.05) is 17.7 Å². The third-order valence-corrected chi connectivity index (χ3v) is 1.64. The average Bonchev–Trinajstić information content (AvgIpc) is 1.94. The van der Waals surface area contributed by atoms with Gasteiger partial charge in [0.1, 0.15) is 5.82 Å². The van der Waals surface area contributed by atoms with Gasteiger partial charge in [-0.3, -0.25) is 0 Å². The van der Waals surface area contributed by atoms with E-state index in [0.29, 0.717) is 5.56 Å². The molecule has 0 heterocycles. The molecule has 2 heteroatoms. The first-order chi connectivity index (χ1) is 5.11. The molecule has 1 rings (SSSR count). The second kappa shape index (κ2) is 3.01. The van der Waals surface area contributed by atoms with Crippen LogP contribution in [0.2, 0.25) is 0 Å². The highest BCUT2D eigenvalue weighted by molar-refractivity contribution is 5.26. The third kappa shape index (κ3) is 1.77. The van der Waals surface area contributed by atoms with Crippen molar-refractivity contribution in [1.29, 1.82) is 0 Å². The van der Waals surface area contributed by atoms with Gasteiger partial charge in [-0.05, 0) is 19.9 Å². The molecule has 1 nitrogen and oxygen atoms in total. The van der Waals surface area contributed by atoms with Crippen LogP contribution in [0, 0.1) is 12.7 Å². The van der Waals surface area contributed by atoms with Crippen molar-refractivity contribution in [2.75, 3.05) is 0 Å². The van der Waals surface area contributed by atoms with E-state index in [1.807, 2.05) is 6.92 Å². The zero-order valence-corrected chi connectivity index (χ0v) is 6.76. The summed E-state index contributed by atoms with van der Waals surface area (Å²) in [4.78, 5) is 0. The number of rotatable bonds is 1. The van der Waals surface area contributed by atoms with Gasteiger partial charge in [0.2, 0.25) is 0 Å². The monoisotopic (exact) mass is 153 g/mol. The molecule has 1 atom stereocenters. The number of benzene rings is 1. The molecule has 60 valence electrons. The van der Waals surface area contributed by atoms with Gasteiger partial charge in [0, 0.05) is 11.6 Å². The van der Waals surface area contributed by atoms with Crippen molar-refractivity contribution in [3.63, 3.8) is 0 Å². The number of hydrogen-bond donors (Lipinski definition) is 1. The van der Waals surface area contributed by atoms with Crippen molar-refractivity contribution in [2.45, 2.75) is 19.9 Å². The molecule has 2 N–H and O–H groups in total. The van der Waals surface area contributed by atoms with Gasteiger partial charge in [0.05, 0.1) is 0 Å². The topological polar surface area (TPSA) is 26.0 Å². The molecule has 0 bridgehead atoms. The summed E-state index contributed by atoms with van der Waals surface area (Å²) in [5.41, 5.74) is 7.17. The van der Waals surface area contributed by atoms with Gasteiger partial charge < -0.3 is 5.73 Å². The van der Waals surface area contributed by atoms with Crippen LogP contribution in [-0.4, -0.2) is 0 Å². The Bertz CT molecular complexity index is 256. The molecule has 1 aromatic rings. The van der Waals surface area contributed by atoms with E-state index in [1.165, 1.54) is 6.07 Å². The zero-order valence-electron chi connectivity index (χ0n) is 6.76. The number of halogens is 1. The molecule has 0 aliphatic carbocycles. The van der Waals surface area contributed by atoms with E-state index in [-0.39, 0.29) is 11.9 Å². The van der Waals surface area contributed by atoms with Crippen molar-refractivity contribution in [2.24, 2.45) is 5.73 Å². The molecular formula is C9H12FN. The Morgan fingerprint density at radius 1 is 1.45 bits per heavy atom. The first-order valence-electron chi connectivity index (χ1n) is 3.63. The minimum Gasteiger partial charge on any atom is -0.324 e. The maximum atomic E-state index is 12.9. The summed E-state index contributed by atoms with van der Waals surface area (Å²) in [7, 11) is 0. The lowest BCUT2D eigenvalue weighted by Crippen LogP contribution is -2.07. The Balaban J connectivity index is 3.13. The average molecular weight is 153 g/mol. The van der Waals surface area contributed by atoms with Crippen LogP contribution in [0.3, 0.4) is 0 Å². The maximum Gasteiger partial charge on any atom is 0.127 e. The van der Waals surface area contributed by atoms with Crippen LogP contribution >= 0.6 is 0 Å². The van der Waals surface area contributed by atoms with Crippen molar-refractivity contribution >= 4 is 0 Å². The molecule has 0 saturated heterocycles. The van der Waals surface area contributed by atoms with E-state index in [9.17, 15) is 4.39 Å². The molecule has 0 saturated carbocycles. The van der Waals surface area contributed by atoms with Crippen LogP contribution < -0.4 is 5.73 Å². The fraction of sp³-hybridized carbons (Fsp3) is 0.333. The second-order valence-corrected chi connectivity index (χ2v) is 2.81. The van der Waals surface area contributed by atoms with E-state index in [2.05, 4.69) is 0 Å². The molecule has 0 spiro atoms. The van der Waals surface area contributed by atoms with Crippen molar-refractivity contribution in [3.05, 3.63) is 35.1 Å². The van der Waals surface area contributed by atoms with E-state index in [1.54, 1.807) is 19.1 Å². The standard InChI is InChI=1S/C9H12FN/c1-6-3-4-9(10)8(5-6)7(2)11/h3-5,7H,11H2,1-2H3/t7-/m1/s1. The van der Waals surface area contributed by atoms with Gasteiger partial charge in [0.25, 0.3) is 0 Å². The van der Waals surface area contributed by atoms with Crippen molar-refractivity contribution < 1.29 is 4.39 Å². The van der Waals surface area contributed by atoms with Crippen LogP contribution in [0.5, 0.6) is 0 Å². The minimum atomic E-state index is -0.227. The molecular weight excluding hydrogens is 141 g/mol. The summed E-state index contributed by atoms with van der Waals surface area (Å²) in [6.45, 7) is 3.70. The minimum absolute atomic E-state index is 0.217. The highest BCUT2D eigenvalue weighted by Crippen LogP contribution is 2.15. The van der Waals surface area contributed by atoms with Gasteiger partial charge in [-0.2, -0.15) is 0 Å². The second-order valence-electron chi connectivity index (χ2n) is 2.81. The molecule has 0 radical (unpaired) electrons. The van der Waals surface area contributed by atoms with Gasteiger partial charge in [0.15, 0.2) is 0 Å². The van der Waals surface area contributed by atoms with Crippen LogP contribution in [0.4, 0.5) is 4.39 Å². The van der Waals surface area contributed by atoms with Crippen LogP contribution in [0.1, 0.15) is 24.1 Å². The third-order valence-electron chi connectivity index (χ3n) is 1.64. The molecule has 0 aromatic heterocycles. The highest BCUT2D eigenvalue weighted by Gasteiger charge is 2.05. The van der Waals surface area contributed by atoms with E-state index in [4.69, 9.17) is 5.73 Å². The van der Waals surface area contributed by atoms with Crippen molar-refractivity contribution in [3.8, 4) is 0 Å². The van der Waals surface area contributed by atoms with E-state index in [0.717, 1.165) is 5.56 Å². The lowest BCUT2D eigenvalue weighted by Gasteiger charge is -2.07. The Morgan fingerprint density at radius 2 is 2.09 bits per heavy atom. The molecule has 0 amide bonds. The summed E-state index contributed by atoms with van der Waals surface area (Å²) in [5.74, 6) is -0.217. The Hall–Kier alpha value is -0.890. The summed E-state index contributed by atoms with van der Waals surface area (Å²) < 4.78 is 12.9. The van der Waals surface area contributed by atoms with Gasteiger partial charge >= 0.3 is 0 Å². The van der Waals surface area contributed by atoms with Gasteiger partial charge in [-0.15, -0.1) is 0 Å². The molecule has 11 heavy (non-hydrogen) atoms. The van der Waals surface area contributed by atoms with Crippen LogP contribution in [0.15, 0.2) is 18.2 Å². The largest absolute Gasteiger partial charge is 0.324 e. The van der Waals surface area contributed by atoms with Gasteiger partial charge in [-0.25, -0.2) is 4.39 Å². The van der Waals surface area contributed by atoms with Crippen LogP contribution in [0.25, 0.3) is 0 Å². The predicted molar refractivity (Wildman–Crippen MR) is 43.7 cm³/mol.